The molecule has 0 heterocycles. The van der Waals surface area contributed by atoms with Gasteiger partial charge in [0.25, 0.3) is 5.39 Å². The zero-order chi connectivity index (χ0) is 12.8. The Kier molecular flexibility index (Phi) is 3.47. The lowest BCUT2D eigenvalue weighted by Crippen LogP contribution is -2.16. The first-order valence-electron chi connectivity index (χ1n) is 5.18. The number of allylic oxidation sites excluding steroid dienone is 4. The zero-order valence-corrected chi connectivity index (χ0v) is 9.35. The van der Waals surface area contributed by atoms with Crippen LogP contribution in [0.1, 0.15) is 5.56 Å². The summed E-state index contributed by atoms with van der Waals surface area (Å²) >= 11 is 0. The first-order chi connectivity index (χ1) is 8.86. The summed E-state index contributed by atoms with van der Waals surface area (Å²) in [5.41, 5.74) is 9.20. The number of diazo groups is 1. The maximum Gasteiger partial charge on any atom is 0.339 e. The van der Waals surface area contributed by atoms with Crippen LogP contribution in [0.25, 0.3) is 10.7 Å². The molecule has 2 rings (SSSR count). The Morgan fingerprint density at radius 1 is 1.17 bits per heavy atom. The van der Waals surface area contributed by atoms with Gasteiger partial charge in [0.2, 0.25) is 0 Å². The highest BCUT2D eigenvalue weighted by Crippen LogP contribution is 2.21. The van der Waals surface area contributed by atoms with Gasteiger partial charge < -0.3 is 0 Å². The average Bonchev–Trinajstić information content (AvgIpc) is 2.42. The summed E-state index contributed by atoms with van der Waals surface area (Å²) in [5.74, 6) is 0. The van der Waals surface area contributed by atoms with E-state index in [0.29, 0.717) is 11.4 Å². The summed E-state index contributed by atoms with van der Waals surface area (Å²) in [4.78, 5) is 0. The van der Waals surface area contributed by atoms with Crippen LogP contribution < -0.4 is 0 Å². The van der Waals surface area contributed by atoms with E-state index in [1.165, 1.54) is 0 Å². The van der Waals surface area contributed by atoms with Crippen LogP contribution in [0, 0.1) is 10.9 Å². The van der Waals surface area contributed by atoms with Gasteiger partial charge in [-0.2, -0.15) is 5.53 Å². The SMILES string of the molecule is N#[N+]N=C1C(c2ccccc2)=CC=CC1=NN=N. The fraction of sp³-hybridized carbons (Fsp3) is 0. The summed E-state index contributed by atoms with van der Waals surface area (Å²) in [6.45, 7) is 0. The average molecular weight is 237 g/mol. The van der Waals surface area contributed by atoms with E-state index in [0.717, 1.165) is 11.1 Å². The van der Waals surface area contributed by atoms with Gasteiger partial charge in [0.15, 0.2) is 10.8 Å². The van der Waals surface area contributed by atoms with Gasteiger partial charge in [0.05, 0.1) is 0 Å². The predicted molar refractivity (Wildman–Crippen MR) is 68.7 cm³/mol. The molecule has 0 saturated carbocycles. The van der Waals surface area contributed by atoms with Gasteiger partial charge >= 0.3 is 5.08 Å². The molecule has 1 N–H and O–H groups in total. The Bertz CT molecular complexity index is 616. The molecule has 0 aliphatic heterocycles. The molecule has 0 spiro atoms. The molecule has 86 valence electrons. The molecule has 0 radical (unpaired) electrons. The van der Waals surface area contributed by atoms with Crippen molar-refractivity contribution in [2.75, 3.05) is 0 Å². The maximum absolute atomic E-state index is 8.62. The number of nitrogens with zero attached hydrogens (tertiary/aromatic N) is 5. The quantitative estimate of drug-likeness (QED) is 0.364. The van der Waals surface area contributed by atoms with E-state index in [-0.39, 0.29) is 0 Å². The Balaban J connectivity index is 2.54. The number of benzene rings is 1. The third-order valence-electron chi connectivity index (χ3n) is 2.40. The second kappa shape index (κ2) is 5.41. The van der Waals surface area contributed by atoms with E-state index >= 15 is 0 Å². The Morgan fingerprint density at radius 3 is 2.61 bits per heavy atom. The maximum atomic E-state index is 8.62. The lowest BCUT2D eigenvalue weighted by molar-refractivity contribution is 0.994. The number of hydrogen-bond acceptors (Lipinski definition) is 4. The van der Waals surface area contributed by atoms with E-state index in [2.05, 4.69) is 20.5 Å². The van der Waals surface area contributed by atoms with Gasteiger partial charge in [-0.3, -0.25) is 0 Å². The third kappa shape index (κ3) is 2.25. The molecule has 0 bridgehead atoms. The second-order valence-corrected chi connectivity index (χ2v) is 3.43. The molecule has 0 atom stereocenters. The summed E-state index contributed by atoms with van der Waals surface area (Å²) in [6, 6.07) is 9.52. The first kappa shape index (κ1) is 11.5. The number of rotatable bonds is 2. The fourth-order valence-corrected chi connectivity index (χ4v) is 1.67. The van der Waals surface area contributed by atoms with Crippen molar-refractivity contribution in [1.82, 2.24) is 0 Å². The molecule has 1 aliphatic carbocycles. The van der Waals surface area contributed by atoms with Crippen LogP contribution >= 0.6 is 0 Å². The van der Waals surface area contributed by atoms with Crippen molar-refractivity contribution in [1.29, 1.82) is 10.9 Å². The molecule has 0 saturated heterocycles. The smallest absolute Gasteiger partial charge is 0.185 e. The zero-order valence-electron chi connectivity index (χ0n) is 9.35. The lowest BCUT2D eigenvalue weighted by Gasteiger charge is -2.09. The molecular weight excluding hydrogens is 228 g/mol. The third-order valence-corrected chi connectivity index (χ3v) is 2.40. The molecule has 0 aromatic heterocycles. The highest BCUT2D eigenvalue weighted by Gasteiger charge is 2.21. The molecule has 1 aromatic rings. The van der Waals surface area contributed by atoms with Crippen molar-refractivity contribution in [3.63, 3.8) is 0 Å². The highest BCUT2D eigenvalue weighted by atomic mass is 15.3. The Morgan fingerprint density at radius 2 is 1.94 bits per heavy atom. The second-order valence-electron chi connectivity index (χ2n) is 3.43. The Labute approximate surface area is 103 Å². The molecule has 18 heavy (non-hydrogen) atoms. The van der Waals surface area contributed by atoms with Gasteiger partial charge in [-0.05, 0) is 11.6 Å². The minimum atomic E-state index is 0.377. The lowest BCUT2D eigenvalue weighted by atomic mass is 9.94. The van der Waals surface area contributed by atoms with Gasteiger partial charge in [-0.15, -0.1) is 5.10 Å². The Hall–Kier alpha value is -2.94. The van der Waals surface area contributed by atoms with Crippen molar-refractivity contribution in [2.24, 2.45) is 15.4 Å². The van der Waals surface area contributed by atoms with E-state index in [4.69, 9.17) is 10.9 Å². The standard InChI is InChI=1S/C12H9N6/c13-17-15-11-8-4-7-10(12(11)16-18-14)9-5-2-1-3-6-9/h1-8,13H/q+1. The van der Waals surface area contributed by atoms with Gasteiger partial charge in [-0.25, -0.2) is 0 Å². The van der Waals surface area contributed by atoms with E-state index in [1.807, 2.05) is 36.4 Å². The highest BCUT2D eigenvalue weighted by molar-refractivity contribution is 6.61. The minimum Gasteiger partial charge on any atom is -0.185 e. The minimum absolute atomic E-state index is 0.377. The van der Waals surface area contributed by atoms with Crippen LogP contribution in [0.15, 0.2) is 64.0 Å². The van der Waals surface area contributed by atoms with Crippen LogP contribution in [0.2, 0.25) is 0 Å². The molecule has 0 unspecified atom stereocenters. The number of nitrogens with one attached hydrogen (secondary N) is 1. The number of hydrogen-bond donors (Lipinski definition) is 1. The summed E-state index contributed by atoms with van der Waals surface area (Å²) in [6.07, 6.45) is 5.26. The predicted octanol–water partition coefficient (Wildman–Crippen LogP) is 3.24. The molecule has 0 fully saturated rings. The largest absolute Gasteiger partial charge is 0.339 e. The summed E-state index contributed by atoms with van der Waals surface area (Å²) in [5, 5.41) is 21.7. The molecule has 6 nitrogen and oxygen atoms in total. The van der Waals surface area contributed by atoms with E-state index in [1.54, 1.807) is 12.2 Å². The molecule has 6 heteroatoms. The molecule has 1 aliphatic rings. The van der Waals surface area contributed by atoms with E-state index < -0.39 is 0 Å². The van der Waals surface area contributed by atoms with Gasteiger partial charge in [0.1, 0.15) is 5.71 Å². The van der Waals surface area contributed by atoms with Crippen LogP contribution in [0.5, 0.6) is 0 Å². The van der Waals surface area contributed by atoms with Crippen molar-refractivity contribution < 1.29 is 0 Å². The van der Waals surface area contributed by atoms with E-state index in [9.17, 15) is 0 Å². The molecular formula is C12H9N6+. The normalized spacial score (nSPS) is 18.5. The van der Waals surface area contributed by atoms with Crippen LogP contribution in [-0.4, -0.2) is 11.4 Å². The van der Waals surface area contributed by atoms with Crippen molar-refractivity contribution in [3.8, 4) is 0 Å². The first-order valence-corrected chi connectivity index (χ1v) is 5.18. The van der Waals surface area contributed by atoms with Crippen LogP contribution in [-0.2, 0) is 0 Å². The van der Waals surface area contributed by atoms with Gasteiger partial charge in [0, 0.05) is 5.57 Å². The van der Waals surface area contributed by atoms with Gasteiger partial charge in [-0.1, -0.05) is 47.7 Å². The topological polar surface area (TPSA) is 89.1 Å². The summed E-state index contributed by atoms with van der Waals surface area (Å²) in [7, 11) is 0. The molecule has 0 amide bonds. The monoisotopic (exact) mass is 237 g/mol. The van der Waals surface area contributed by atoms with Crippen molar-refractivity contribution in [3.05, 3.63) is 59.2 Å². The fourth-order valence-electron chi connectivity index (χ4n) is 1.67. The molecule has 1 aromatic carbocycles. The van der Waals surface area contributed by atoms with Crippen molar-refractivity contribution >= 4 is 17.0 Å². The van der Waals surface area contributed by atoms with Crippen LogP contribution in [0.4, 0.5) is 0 Å². The van der Waals surface area contributed by atoms with Crippen LogP contribution in [0.3, 0.4) is 0 Å². The summed E-state index contributed by atoms with van der Waals surface area (Å²) < 4.78 is 0. The van der Waals surface area contributed by atoms with Crippen molar-refractivity contribution in [2.45, 2.75) is 0 Å².